The molecule has 254 valence electrons. The number of aromatic nitrogens is 1. The number of amides is 1. The predicted molar refractivity (Wildman–Crippen MR) is 182 cm³/mol. The third-order valence-corrected chi connectivity index (χ3v) is 10.1. The predicted octanol–water partition coefficient (Wildman–Crippen LogP) is 7.21. The van der Waals surface area contributed by atoms with Crippen LogP contribution in [-0.4, -0.2) is 82.0 Å². The van der Waals surface area contributed by atoms with Crippen LogP contribution < -0.4 is 0 Å². The van der Waals surface area contributed by atoms with Crippen molar-refractivity contribution in [1.82, 2.24) is 14.8 Å². The number of ether oxygens (including phenoxy) is 2. The van der Waals surface area contributed by atoms with E-state index < -0.39 is 17.8 Å². The molecule has 8 heteroatoms. The second kappa shape index (κ2) is 17.3. The number of aliphatic hydroxyl groups is 1. The summed E-state index contributed by atoms with van der Waals surface area (Å²) in [5, 5.41) is 11.6. The maximum absolute atomic E-state index is 13.5. The molecule has 46 heavy (non-hydrogen) atoms. The number of nitrogens with zero attached hydrogens (tertiary/aromatic N) is 3. The SMILES string of the molecule is C/C(=C\C=C\[C@@H](C)c1ccccn1)[C@H]1OC(=O)C[C@H](C)CC[C@@](C)(O)[C@@H](OC(=O)N2CCN(C3CCCCCC3)CC2)/C=C/[C@@H]1C. The molecule has 0 spiro atoms. The average molecular weight is 636 g/mol. The Bertz CT molecular complexity index is 1200. The highest BCUT2D eigenvalue weighted by Gasteiger charge is 2.37. The molecule has 0 aromatic carbocycles. The largest absolute Gasteiger partial charge is 0.457 e. The zero-order valence-electron chi connectivity index (χ0n) is 28.8. The molecule has 1 aromatic rings. The second-order valence-electron chi connectivity index (χ2n) is 14.2. The molecule has 2 aliphatic heterocycles. The monoisotopic (exact) mass is 635 g/mol. The number of cyclic esters (lactones) is 1. The molecule has 1 N–H and O–H groups in total. The summed E-state index contributed by atoms with van der Waals surface area (Å²) in [6.45, 7) is 12.8. The van der Waals surface area contributed by atoms with E-state index in [9.17, 15) is 14.7 Å². The van der Waals surface area contributed by atoms with Crippen LogP contribution in [0.3, 0.4) is 0 Å². The van der Waals surface area contributed by atoms with Gasteiger partial charge in [0.2, 0.25) is 0 Å². The van der Waals surface area contributed by atoms with Crippen LogP contribution in [0.1, 0.15) is 104 Å². The number of allylic oxidation sites excluding steroid dienone is 3. The number of pyridine rings is 1. The third kappa shape index (κ3) is 10.5. The van der Waals surface area contributed by atoms with Crippen molar-refractivity contribution in [2.75, 3.05) is 26.2 Å². The minimum Gasteiger partial charge on any atom is -0.457 e. The first kappa shape index (κ1) is 35.9. The normalized spacial score (nSPS) is 31.3. The first-order valence-electron chi connectivity index (χ1n) is 17.6. The van der Waals surface area contributed by atoms with E-state index in [0.29, 0.717) is 32.0 Å². The van der Waals surface area contributed by atoms with Crippen LogP contribution in [0.2, 0.25) is 0 Å². The van der Waals surface area contributed by atoms with Crippen LogP contribution >= 0.6 is 0 Å². The van der Waals surface area contributed by atoms with Crippen LogP contribution in [0.4, 0.5) is 4.79 Å². The number of rotatable bonds is 6. The lowest BCUT2D eigenvalue weighted by Crippen LogP contribution is -2.53. The molecule has 3 heterocycles. The molecule has 6 atom stereocenters. The second-order valence-corrected chi connectivity index (χ2v) is 14.2. The summed E-state index contributed by atoms with van der Waals surface area (Å²) < 4.78 is 12.1. The Morgan fingerprint density at radius 1 is 1.09 bits per heavy atom. The average Bonchev–Trinajstić information content (AvgIpc) is 3.34. The van der Waals surface area contributed by atoms with Gasteiger partial charge < -0.3 is 19.5 Å². The van der Waals surface area contributed by atoms with Crippen LogP contribution in [-0.2, 0) is 14.3 Å². The lowest BCUT2D eigenvalue weighted by atomic mass is 9.87. The van der Waals surface area contributed by atoms with Crippen molar-refractivity contribution < 1.29 is 24.2 Å². The fourth-order valence-electron chi connectivity index (χ4n) is 6.91. The van der Waals surface area contributed by atoms with E-state index in [-0.39, 0.29) is 36.2 Å². The van der Waals surface area contributed by atoms with Gasteiger partial charge >= 0.3 is 12.1 Å². The number of carbonyl (C=O) groups is 2. The molecule has 1 saturated heterocycles. The van der Waals surface area contributed by atoms with Crippen molar-refractivity contribution in [1.29, 1.82) is 0 Å². The molecular formula is C38H57N3O5. The zero-order valence-corrected chi connectivity index (χ0v) is 28.8. The van der Waals surface area contributed by atoms with Gasteiger partial charge in [-0.05, 0) is 69.2 Å². The van der Waals surface area contributed by atoms with Gasteiger partial charge in [-0.15, -0.1) is 0 Å². The smallest absolute Gasteiger partial charge is 0.410 e. The van der Waals surface area contributed by atoms with E-state index in [1.807, 2.05) is 57.2 Å². The highest BCUT2D eigenvalue weighted by molar-refractivity contribution is 5.70. The standard InChI is InChI=1S/C38H57N3O5/c1-28-20-21-38(5,44)34(45-37(43)41-25-23-40(24-26-41)32-15-8-6-7-9-16-32)19-18-31(4)36(46-35(42)27-28)30(3)14-12-13-29(2)33-17-10-11-22-39-33/h10-14,17-19,22,28-29,31-32,34,36,44H,6-9,15-16,20-21,23-27H2,1-5H3/b13-12+,19-18+,30-14+/t28-,29-,31+,34+,36-,38-/m1/s1. The highest BCUT2D eigenvalue weighted by Crippen LogP contribution is 2.29. The van der Waals surface area contributed by atoms with Crippen molar-refractivity contribution in [3.05, 3.63) is 66.0 Å². The molecular weight excluding hydrogens is 578 g/mol. The van der Waals surface area contributed by atoms with E-state index >= 15 is 0 Å². The number of esters is 1. The molecule has 0 radical (unpaired) electrons. The van der Waals surface area contributed by atoms with E-state index in [1.165, 1.54) is 38.5 Å². The van der Waals surface area contributed by atoms with E-state index in [4.69, 9.17) is 9.47 Å². The fraction of sp³-hybridized carbons (Fsp3) is 0.658. The third-order valence-electron chi connectivity index (χ3n) is 10.1. The molecule has 0 bridgehead atoms. The summed E-state index contributed by atoms with van der Waals surface area (Å²) in [7, 11) is 0. The molecule has 8 nitrogen and oxygen atoms in total. The molecule has 4 rings (SSSR count). The van der Waals surface area contributed by atoms with Crippen molar-refractivity contribution >= 4 is 12.1 Å². The van der Waals surface area contributed by atoms with Gasteiger partial charge in [-0.1, -0.05) is 76.8 Å². The van der Waals surface area contributed by atoms with Gasteiger partial charge in [-0.25, -0.2) is 4.79 Å². The lowest BCUT2D eigenvalue weighted by Gasteiger charge is -2.40. The molecule has 2 fully saturated rings. The Balaban J connectivity index is 1.45. The van der Waals surface area contributed by atoms with Gasteiger partial charge in [0, 0.05) is 62.4 Å². The van der Waals surface area contributed by atoms with E-state index in [0.717, 1.165) is 24.4 Å². The van der Waals surface area contributed by atoms with Gasteiger partial charge in [0.05, 0.1) is 0 Å². The first-order chi connectivity index (χ1) is 22.0. The molecule has 3 aliphatic rings. The van der Waals surface area contributed by atoms with Gasteiger partial charge in [-0.3, -0.25) is 14.7 Å². The maximum atomic E-state index is 13.5. The number of piperazine rings is 1. The van der Waals surface area contributed by atoms with Crippen molar-refractivity contribution in [2.45, 2.75) is 122 Å². The summed E-state index contributed by atoms with van der Waals surface area (Å²) in [4.78, 5) is 35.2. The summed E-state index contributed by atoms with van der Waals surface area (Å²) in [6, 6.07) is 6.51. The minimum atomic E-state index is -1.28. The highest BCUT2D eigenvalue weighted by atomic mass is 16.6. The Morgan fingerprint density at radius 3 is 2.48 bits per heavy atom. The number of hydrogen-bond donors (Lipinski definition) is 1. The topological polar surface area (TPSA) is 92.2 Å². The maximum Gasteiger partial charge on any atom is 0.410 e. The Morgan fingerprint density at radius 2 is 1.80 bits per heavy atom. The van der Waals surface area contributed by atoms with Crippen LogP contribution in [0.15, 0.2) is 60.3 Å². The lowest BCUT2D eigenvalue weighted by molar-refractivity contribution is -0.150. The van der Waals surface area contributed by atoms with Crippen molar-refractivity contribution in [3.63, 3.8) is 0 Å². The number of hydrogen-bond acceptors (Lipinski definition) is 7. The minimum absolute atomic E-state index is 0.00940. The summed E-state index contributed by atoms with van der Waals surface area (Å²) in [6.07, 6.45) is 18.9. The Kier molecular flexibility index (Phi) is 13.5. The van der Waals surface area contributed by atoms with E-state index in [2.05, 4.69) is 22.9 Å². The van der Waals surface area contributed by atoms with Crippen LogP contribution in [0.25, 0.3) is 0 Å². The summed E-state index contributed by atoms with van der Waals surface area (Å²) in [5.41, 5.74) is 0.615. The Hall–Kier alpha value is -2.97. The van der Waals surface area contributed by atoms with Crippen LogP contribution in [0.5, 0.6) is 0 Å². The van der Waals surface area contributed by atoms with Gasteiger partial charge in [0.25, 0.3) is 0 Å². The quantitative estimate of drug-likeness (QED) is 0.153. The number of carbonyl (C=O) groups excluding carboxylic acids is 2. The first-order valence-corrected chi connectivity index (χ1v) is 17.6. The zero-order chi connectivity index (χ0) is 33.1. The van der Waals surface area contributed by atoms with Crippen LogP contribution in [0, 0.1) is 11.8 Å². The molecule has 1 aliphatic carbocycles. The molecule has 1 saturated carbocycles. The van der Waals surface area contributed by atoms with Gasteiger partial charge in [0.1, 0.15) is 11.7 Å². The summed E-state index contributed by atoms with van der Waals surface area (Å²) >= 11 is 0. The summed E-state index contributed by atoms with van der Waals surface area (Å²) in [5.74, 6) is -0.311. The van der Waals surface area contributed by atoms with Gasteiger partial charge in [-0.2, -0.15) is 0 Å². The molecule has 1 aromatic heterocycles. The fourth-order valence-corrected chi connectivity index (χ4v) is 6.91. The van der Waals surface area contributed by atoms with Gasteiger partial charge in [0.15, 0.2) is 6.10 Å². The molecule has 0 unspecified atom stereocenters. The van der Waals surface area contributed by atoms with E-state index in [1.54, 1.807) is 24.1 Å². The van der Waals surface area contributed by atoms with Crippen molar-refractivity contribution in [2.24, 2.45) is 11.8 Å². The Labute approximate surface area is 276 Å². The van der Waals surface area contributed by atoms with Crippen molar-refractivity contribution in [3.8, 4) is 0 Å². The molecule has 1 amide bonds.